The molecule has 0 bridgehead atoms. The summed E-state index contributed by atoms with van der Waals surface area (Å²) >= 11 is 0. The van der Waals surface area contributed by atoms with Gasteiger partial charge in [0.25, 0.3) is 0 Å². The van der Waals surface area contributed by atoms with E-state index < -0.39 is 0 Å². The Morgan fingerprint density at radius 1 is 0.591 bits per heavy atom. The molecule has 22 heavy (non-hydrogen) atoms. The Hall–Kier alpha value is -2.74. The molecule has 0 aliphatic heterocycles. The standard InChI is InChI=1S/C20H18O2/c1-21-18-7-5-6-17(14-18)15-10-12-16(13-11-15)19-8-3-4-9-20(19)22-2/h3-14H,1-2H3. The zero-order valence-electron chi connectivity index (χ0n) is 12.7. The van der Waals surface area contributed by atoms with Crippen molar-refractivity contribution < 1.29 is 9.47 Å². The molecule has 0 atom stereocenters. The molecule has 110 valence electrons. The summed E-state index contributed by atoms with van der Waals surface area (Å²) < 4.78 is 10.7. The smallest absolute Gasteiger partial charge is 0.126 e. The summed E-state index contributed by atoms with van der Waals surface area (Å²) in [5, 5.41) is 0. The first-order valence-electron chi connectivity index (χ1n) is 7.19. The Morgan fingerprint density at radius 2 is 1.32 bits per heavy atom. The lowest BCUT2D eigenvalue weighted by Crippen LogP contribution is -1.87. The van der Waals surface area contributed by atoms with Crippen LogP contribution in [-0.4, -0.2) is 14.2 Å². The van der Waals surface area contributed by atoms with E-state index in [9.17, 15) is 0 Å². The van der Waals surface area contributed by atoms with E-state index in [4.69, 9.17) is 9.47 Å². The topological polar surface area (TPSA) is 18.5 Å². The maximum absolute atomic E-state index is 5.43. The van der Waals surface area contributed by atoms with E-state index in [1.807, 2.05) is 36.4 Å². The van der Waals surface area contributed by atoms with E-state index in [1.54, 1.807) is 14.2 Å². The lowest BCUT2D eigenvalue weighted by molar-refractivity contribution is 0.415. The molecule has 0 aliphatic carbocycles. The number of benzene rings is 3. The highest BCUT2D eigenvalue weighted by Crippen LogP contribution is 2.31. The third-order valence-electron chi connectivity index (χ3n) is 3.71. The third kappa shape index (κ3) is 2.82. The van der Waals surface area contributed by atoms with E-state index in [1.165, 1.54) is 0 Å². The summed E-state index contributed by atoms with van der Waals surface area (Å²) in [5.41, 5.74) is 4.55. The van der Waals surface area contributed by atoms with Gasteiger partial charge in [0.2, 0.25) is 0 Å². The Kier molecular flexibility index (Phi) is 4.10. The molecule has 0 saturated heterocycles. The molecule has 0 spiro atoms. The Morgan fingerprint density at radius 3 is 2.05 bits per heavy atom. The number of para-hydroxylation sites is 1. The van der Waals surface area contributed by atoms with Gasteiger partial charge in [-0.25, -0.2) is 0 Å². The molecular formula is C20H18O2. The van der Waals surface area contributed by atoms with E-state index in [2.05, 4.69) is 36.4 Å². The fourth-order valence-electron chi connectivity index (χ4n) is 2.53. The van der Waals surface area contributed by atoms with Gasteiger partial charge in [0.1, 0.15) is 11.5 Å². The van der Waals surface area contributed by atoms with Crippen LogP contribution in [0.25, 0.3) is 22.3 Å². The molecule has 2 nitrogen and oxygen atoms in total. The highest BCUT2D eigenvalue weighted by Gasteiger charge is 2.05. The summed E-state index contributed by atoms with van der Waals surface area (Å²) in [5.74, 6) is 1.75. The van der Waals surface area contributed by atoms with Gasteiger partial charge in [-0.2, -0.15) is 0 Å². The van der Waals surface area contributed by atoms with Gasteiger partial charge in [-0.05, 0) is 34.9 Å². The second-order valence-electron chi connectivity index (χ2n) is 5.01. The number of ether oxygens (including phenoxy) is 2. The van der Waals surface area contributed by atoms with Crippen molar-refractivity contribution in [2.75, 3.05) is 14.2 Å². The number of methoxy groups -OCH3 is 2. The molecular weight excluding hydrogens is 272 g/mol. The van der Waals surface area contributed by atoms with Gasteiger partial charge < -0.3 is 9.47 Å². The summed E-state index contributed by atoms with van der Waals surface area (Å²) in [6.45, 7) is 0. The van der Waals surface area contributed by atoms with E-state index in [0.29, 0.717) is 0 Å². The van der Waals surface area contributed by atoms with Crippen molar-refractivity contribution in [1.82, 2.24) is 0 Å². The van der Waals surface area contributed by atoms with Gasteiger partial charge in [0, 0.05) is 5.56 Å². The third-order valence-corrected chi connectivity index (χ3v) is 3.71. The maximum Gasteiger partial charge on any atom is 0.126 e. The van der Waals surface area contributed by atoms with Crippen LogP contribution in [0, 0.1) is 0 Å². The van der Waals surface area contributed by atoms with Crippen LogP contribution < -0.4 is 9.47 Å². The predicted octanol–water partition coefficient (Wildman–Crippen LogP) is 5.04. The van der Waals surface area contributed by atoms with E-state index in [-0.39, 0.29) is 0 Å². The largest absolute Gasteiger partial charge is 0.497 e. The maximum atomic E-state index is 5.43. The Bertz CT molecular complexity index is 761. The van der Waals surface area contributed by atoms with Gasteiger partial charge in [0.15, 0.2) is 0 Å². The summed E-state index contributed by atoms with van der Waals surface area (Å²) in [6.07, 6.45) is 0. The van der Waals surface area contributed by atoms with Crippen molar-refractivity contribution in [2.24, 2.45) is 0 Å². The molecule has 0 radical (unpaired) electrons. The number of rotatable bonds is 4. The molecule has 0 heterocycles. The molecule has 0 amide bonds. The van der Waals surface area contributed by atoms with E-state index in [0.717, 1.165) is 33.8 Å². The molecule has 3 aromatic rings. The second kappa shape index (κ2) is 6.35. The average molecular weight is 290 g/mol. The van der Waals surface area contributed by atoms with Gasteiger partial charge in [0.05, 0.1) is 14.2 Å². The predicted molar refractivity (Wildman–Crippen MR) is 90.4 cm³/mol. The van der Waals surface area contributed by atoms with Crippen LogP contribution in [0.4, 0.5) is 0 Å². The monoisotopic (exact) mass is 290 g/mol. The van der Waals surface area contributed by atoms with Gasteiger partial charge in [-0.3, -0.25) is 0 Å². The lowest BCUT2D eigenvalue weighted by Gasteiger charge is -2.09. The van der Waals surface area contributed by atoms with Crippen LogP contribution in [0.3, 0.4) is 0 Å². The van der Waals surface area contributed by atoms with Gasteiger partial charge >= 0.3 is 0 Å². The molecule has 2 heteroatoms. The minimum atomic E-state index is 0.867. The van der Waals surface area contributed by atoms with Crippen molar-refractivity contribution in [3.63, 3.8) is 0 Å². The van der Waals surface area contributed by atoms with Gasteiger partial charge in [-0.15, -0.1) is 0 Å². The van der Waals surface area contributed by atoms with Crippen molar-refractivity contribution in [3.05, 3.63) is 72.8 Å². The fourth-order valence-corrected chi connectivity index (χ4v) is 2.53. The quantitative estimate of drug-likeness (QED) is 0.670. The van der Waals surface area contributed by atoms with Crippen LogP contribution in [0.1, 0.15) is 0 Å². The highest BCUT2D eigenvalue weighted by molar-refractivity contribution is 5.74. The summed E-state index contributed by atoms with van der Waals surface area (Å²) in [7, 11) is 3.38. The van der Waals surface area contributed by atoms with Crippen LogP contribution in [0.15, 0.2) is 72.8 Å². The fraction of sp³-hybridized carbons (Fsp3) is 0.100. The van der Waals surface area contributed by atoms with E-state index >= 15 is 0 Å². The van der Waals surface area contributed by atoms with Crippen molar-refractivity contribution >= 4 is 0 Å². The lowest BCUT2D eigenvalue weighted by atomic mass is 10.00. The second-order valence-corrected chi connectivity index (χ2v) is 5.01. The van der Waals surface area contributed by atoms with Gasteiger partial charge in [-0.1, -0.05) is 54.6 Å². The molecule has 0 unspecified atom stereocenters. The Balaban J connectivity index is 1.95. The van der Waals surface area contributed by atoms with Crippen LogP contribution >= 0.6 is 0 Å². The molecule has 0 aromatic heterocycles. The normalized spacial score (nSPS) is 10.3. The first-order valence-corrected chi connectivity index (χ1v) is 7.19. The number of hydrogen-bond donors (Lipinski definition) is 0. The summed E-state index contributed by atoms with van der Waals surface area (Å²) in [4.78, 5) is 0. The van der Waals surface area contributed by atoms with Crippen LogP contribution in [0.2, 0.25) is 0 Å². The molecule has 0 aliphatic rings. The highest BCUT2D eigenvalue weighted by atomic mass is 16.5. The Labute approximate surface area is 131 Å². The van der Waals surface area contributed by atoms with Crippen molar-refractivity contribution in [3.8, 4) is 33.8 Å². The average Bonchev–Trinajstić information content (AvgIpc) is 2.62. The number of hydrogen-bond acceptors (Lipinski definition) is 2. The summed E-state index contributed by atoms with van der Waals surface area (Å²) in [6, 6.07) is 24.6. The first kappa shape index (κ1) is 14.2. The zero-order chi connectivity index (χ0) is 15.4. The zero-order valence-corrected chi connectivity index (χ0v) is 12.7. The molecule has 0 N–H and O–H groups in total. The molecule has 3 aromatic carbocycles. The van der Waals surface area contributed by atoms with Crippen molar-refractivity contribution in [2.45, 2.75) is 0 Å². The minimum absolute atomic E-state index is 0.867. The molecule has 0 fully saturated rings. The van der Waals surface area contributed by atoms with Crippen LogP contribution in [-0.2, 0) is 0 Å². The van der Waals surface area contributed by atoms with Crippen LogP contribution in [0.5, 0.6) is 11.5 Å². The molecule has 3 rings (SSSR count). The minimum Gasteiger partial charge on any atom is -0.497 e. The SMILES string of the molecule is COc1cccc(-c2ccc(-c3ccccc3OC)cc2)c1. The van der Waals surface area contributed by atoms with Crippen molar-refractivity contribution in [1.29, 1.82) is 0 Å². The first-order chi connectivity index (χ1) is 10.8. The molecule has 0 saturated carbocycles.